The zero-order valence-electron chi connectivity index (χ0n) is 8.66. The number of allylic oxidation sites excluding steroid dienone is 3. The summed E-state index contributed by atoms with van der Waals surface area (Å²) in [6, 6.07) is 0. The number of aldehydes is 1. The Morgan fingerprint density at radius 1 is 1.57 bits per heavy atom. The minimum absolute atomic E-state index is 0.450. The molecule has 0 unspecified atom stereocenters. The largest absolute Gasteiger partial charge is 0.368 e. The van der Waals surface area contributed by atoms with Crippen LogP contribution in [0, 0.1) is 0 Å². The molecule has 0 aliphatic carbocycles. The molecule has 2 nitrogen and oxygen atoms in total. The van der Waals surface area contributed by atoms with Crippen molar-refractivity contribution in [3.05, 3.63) is 36.3 Å². The number of rotatable bonds is 6. The zero-order valence-corrected chi connectivity index (χ0v) is 8.66. The van der Waals surface area contributed by atoms with E-state index in [1.165, 1.54) is 6.08 Å². The van der Waals surface area contributed by atoms with Crippen LogP contribution in [0.1, 0.15) is 13.3 Å². The molecule has 0 saturated heterocycles. The lowest BCUT2D eigenvalue weighted by Gasteiger charge is -2.18. The Morgan fingerprint density at radius 3 is 2.64 bits per heavy atom. The quantitative estimate of drug-likeness (QED) is 0.370. The average Bonchev–Trinajstić information content (AvgIpc) is 2.16. The fraction of sp³-hybridized carbons (Fsp3) is 0.364. The van der Waals surface area contributed by atoms with Gasteiger partial charge in [-0.1, -0.05) is 12.2 Å². The van der Waals surface area contributed by atoms with E-state index < -0.39 is 0 Å². The maximum atomic E-state index is 11.7. The molecule has 0 amide bonds. The average molecular weight is 197 g/mol. The van der Waals surface area contributed by atoms with Crippen molar-refractivity contribution in [3.63, 3.8) is 0 Å². The molecule has 0 rings (SSSR count). The summed E-state index contributed by atoms with van der Waals surface area (Å²) in [6.45, 7) is 6.00. The van der Waals surface area contributed by atoms with Crippen LogP contribution >= 0.6 is 0 Å². The molecule has 0 fully saturated rings. The number of hydrogen-bond acceptors (Lipinski definition) is 2. The second kappa shape index (κ2) is 7.06. The van der Waals surface area contributed by atoms with Gasteiger partial charge < -0.3 is 4.90 Å². The molecule has 0 N–H and O–H groups in total. The molecule has 0 atom stereocenters. The van der Waals surface area contributed by atoms with E-state index in [2.05, 4.69) is 6.58 Å². The van der Waals surface area contributed by atoms with Crippen molar-refractivity contribution in [2.45, 2.75) is 13.3 Å². The van der Waals surface area contributed by atoms with E-state index in [0.717, 1.165) is 11.9 Å². The third-order valence-electron chi connectivity index (χ3n) is 1.88. The van der Waals surface area contributed by atoms with Gasteiger partial charge in [-0.15, -0.1) is 6.58 Å². The van der Waals surface area contributed by atoms with Gasteiger partial charge in [-0.2, -0.15) is 0 Å². The van der Waals surface area contributed by atoms with Crippen LogP contribution in [0.5, 0.6) is 0 Å². The second-order valence-corrected chi connectivity index (χ2v) is 3.02. The van der Waals surface area contributed by atoms with Gasteiger partial charge in [0.1, 0.15) is 0 Å². The zero-order chi connectivity index (χ0) is 11.0. The minimum Gasteiger partial charge on any atom is -0.368 e. The maximum Gasteiger partial charge on any atom is 0.166 e. The Hall–Kier alpha value is -1.38. The van der Waals surface area contributed by atoms with E-state index in [0.29, 0.717) is 25.0 Å². The highest BCUT2D eigenvalue weighted by Gasteiger charge is 2.04. The summed E-state index contributed by atoms with van der Waals surface area (Å²) >= 11 is 0. The number of likely N-dealkylation sites (N-methyl/N-ethyl adjacent to an activating group) is 1. The van der Waals surface area contributed by atoms with Gasteiger partial charge in [0.2, 0.25) is 0 Å². The smallest absolute Gasteiger partial charge is 0.166 e. The first-order valence-electron chi connectivity index (χ1n) is 4.39. The SMILES string of the molecule is C=CCN(C)/C(C=O)=C(/C)C/C=C/F. The van der Waals surface area contributed by atoms with Crippen LogP contribution in [0.25, 0.3) is 0 Å². The lowest BCUT2D eigenvalue weighted by Crippen LogP contribution is -2.19. The van der Waals surface area contributed by atoms with Crippen molar-refractivity contribution in [2.24, 2.45) is 0 Å². The fourth-order valence-corrected chi connectivity index (χ4v) is 1.13. The number of carbonyl (C=O) groups is 1. The number of nitrogens with zero attached hydrogens (tertiary/aromatic N) is 1. The molecule has 0 spiro atoms. The van der Waals surface area contributed by atoms with Gasteiger partial charge in [0.25, 0.3) is 0 Å². The third kappa shape index (κ3) is 4.03. The summed E-state index contributed by atoms with van der Waals surface area (Å²) in [5.74, 6) is 0. The van der Waals surface area contributed by atoms with E-state index in [4.69, 9.17) is 0 Å². The summed E-state index contributed by atoms with van der Waals surface area (Å²) in [6.07, 6.45) is 4.80. The van der Waals surface area contributed by atoms with Crippen LogP contribution in [0.2, 0.25) is 0 Å². The molecule has 0 saturated carbocycles. The summed E-state index contributed by atoms with van der Waals surface area (Å²) < 4.78 is 11.7. The van der Waals surface area contributed by atoms with Crippen LogP contribution in [-0.4, -0.2) is 24.8 Å². The molecular weight excluding hydrogens is 181 g/mol. The molecule has 0 radical (unpaired) electrons. The van der Waals surface area contributed by atoms with Gasteiger partial charge in [0.15, 0.2) is 6.29 Å². The van der Waals surface area contributed by atoms with Gasteiger partial charge in [0, 0.05) is 13.6 Å². The molecule has 3 heteroatoms. The van der Waals surface area contributed by atoms with Crippen molar-refractivity contribution < 1.29 is 9.18 Å². The van der Waals surface area contributed by atoms with Gasteiger partial charge in [-0.3, -0.25) is 4.79 Å². The van der Waals surface area contributed by atoms with Crippen LogP contribution in [0.3, 0.4) is 0 Å². The highest BCUT2D eigenvalue weighted by atomic mass is 19.1. The van der Waals surface area contributed by atoms with Crippen molar-refractivity contribution in [3.8, 4) is 0 Å². The standard InChI is InChI=1S/C11H16FNO/c1-4-8-13(3)11(9-14)10(2)6-5-7-12/h4-5,7,9H,1,6,8H2,2-3H3/b7-5+,11-10-. The molecule has 0 heterocycles. The van der Waals surface area contributed by atoms with Crippen molar-refractivity contribution in [2.75, 3.05) is 13.6 Å². The first kappa shape index (κ1) is 12.6. The van der Waals surface area contributed by atoms with E-state index in [-0.39, 0.29) is 0 Å². The highest BCUT2D eigenvalue weighted by Crippen LogP contribution is 2.10. The van der Waals surface area contributed by atoms with Crippen molar-refractivity contribution in [1.29, 1.82) is 0 Å². The van der Waals surface area contributed by atoms with Crippen LogP contribution in [0.15, 0.2) is 36.3 Å². The van der Waals surface area contributed by atoms with Crippen molar-refractivity contribution in [1.82, 2.24) is 4.90 Å². The van der Waals surface area contributed by atoms with Crippen LogP contribution in [-0.2, 0) is 4.79 Å². The molecule has 78 valence electrons. The topological polar surface area (TPSA) is 20.3 Å². The van der Waals surface area contributed by atoms with E-state index in [1.807, 2.05) is 6.92 Å². The van der Waals surface area contributed by atoms with Gasteiger partial charge >= 0.3 is 0 Å². The molecular formula is C11H16FNO. The molecule has 0 aliphatic heterocycles. The monoisotopic (exact) mass is 197 g/mol. The molecule has 0 aromatic rings. The predicted octanol–water partition coefficient (Wildman–Crippen LogP) is 2.45. The summed E-state index contributed by atoms with van der Waals surface area (Å²) in [7, 11) is 1.80. The fourth-order valence-electron chi connectivity index (χ4n) is 1.13. The molecule has 0 aromatic carbocycles. The second-order valence-electron chi connectivity index (χ2n) is 3.02. The molecule has 0 aliphatic rings. The molecule has 0 aromatic heterocycles. The Kier molecular flexibility index (Phi) is 6.37. The summed E-state index contributed by atoms with van der Waals surface area (Å²) in [5, 5.41) is 0. The number of hydrogen-bond donors (Lipinski definition) is 0. The molecule has 14 heavy (non-hydrogen) atoms. The van der Waals surface area contributed by atoms with E-state index >= 15 is 0 Å². The minimum atomic E-state index is 0.450. The lowest BCUT2D eigenvalue weighted by atomic mass is 10.1. The predicted molar refractivity (Wildman–Crippen MR) is 56.5 cm³/mol. The van der Waals surface area contributed by atoms with Gasteiger partial charge in [0.05, 0.1) is 12.0 Å². The highest BCUT2D eigenvalue weighted by molar-refractivity contribution is 5.73. The normalized spacial score (nSPS) is 12.5. The Morgan fingerprint density at radius 2 is 2.21 bits per heavy atom. The summed E-state index contributed by atoms with van der Waals surface area (Å²) in [5.41, 5.74) is 1.43. The Balaban J connectivity index is 4.63. The van der Waals surface area contributed by atoms with E-state index in [1.54, 1.807) is 18.0 Å². The lowest BCUT2D eigenvalue weighted by molar-refractivity contribution is -0.106. The van der Waals surface area contributed by atoms with E-state index in [9.17, 15) is 9.18 Å². The maximum absolute atomic E-state index is 11.7. The summed E-state index contributed by atoms with van der Waals surface area (Å²) in [4.78, 5) is 12.6. The van der Waals surface area contributed by atoms with Crippen molar-refractivity contribution >= 4 is 6.29 Å². The Labute approximate surface area is 84.4 Å². The Bertz CT molecular complexity index is 256. The van der Waals surface area contributed by atoms with Gasteiger partial charge in [-0.25, -0.2) is 4.39 Å². The molecule has 0 bridgehead atoms. The number of carbonyl (C=O) groups excluding carboxylic acids is 1. The first-order chi connectivity index (χ1) is 6.67. The first-order valence-corrected chi connectivity index (χ1v) is 4.39. The van der Waals surface area contributed by atoms with Gasteiger partial charge in [-0.05, 0) is 18.9 Å². The van der Waals surface area contributed by atoms with Crippen LogP contribution < -0.4 is 0 Å². The van der Waals surface area contributed by atoms with Crippen LogP contribution in [0.4, 0.5) is 4.39 Å². The third-order valence-corrected chi connectivity index (χ3v) is 1.88. The number of halogens is 1.